The summed E-state index contributed by atoms with van der Waals surface area (Å²) in [4.78, 5) is 19.4. The highest BCUT2D eigenvalue weighted by Crippen LogP contribution is 2.25. The number of benzene rings is 1. The first kappa shape index (κ1) is 21.6. The summed E-state index contributed by atoms with van der Waals surface area (Å²) in [6.07, 6.45) is 4.56. The van der Waals surface area contributed by atoms with Crippen LogP contribution in [-0.4, -0.2) is 33.6 Å². The third-order valence-corrected chi connectivity index (χ3v) is 5.89. The summed E-state index contributed by atoms with van der Waals surface area (Å²) < 4.78 is 1.92. The van der Waals surface area contributed by atoms with Crippen LogP contribution in [0.3, 0.4) is 0 Å². The zero-order chi connectivity index (χ0) is 22.0. The maximum absolute atomic E-state index is 12.7. The van der Waals surface area contributed by atoms with Crippen molar-refractivity contribution in [2.45, 2.75) is 51.9 Å². The monoisotopic (exact) mass is 436 g/mol. The van der Waals surface area contributed by atoms with Gasteiger partial charge >= 0.3 is 0 Å². The molecule has 0 amide bonds. The van der Waals surface area contributed by atoms with Gasteiger partial charge in [0.25, 0.3) is 0 Å². The van der Waals surface area contributed by atoms with Gasteiger partial charge in [-0.05, 0) is 48.7 Å². The summed E-state index contributed by atoms with van der Waals surface area (Å²) in [6, 6.07) is 13.8. The van der Waals surface area contributed by atoms with Crippen LogP contribution in [0.1, 0.15) is 50.6 Å². The van der Waals surface area contributed by atoms with Gasteiger partial charge in [-0.3, -0.25) is 4.79 Å². The molecule has 0 atom stereocenters. The molecule has 31 heavy (non-hydrogen) atoms. The zero-order valence-corrected chi connectivity index (χ0v) is 19.2. The molecule has 2 aromatic heterocycles. The summed E-state index contributed by atoms with van der Waals surface area (Å²) in [5, 5.41) is 5.49. The predicted molar refractivity (Wildman–Crippen MR) is 125 cm³/mol. The van der Waals surface area contributed by atoms with E-state index in [2.05, 4.69) is 36.7 Å². The molecule has 0 bridgehead atoms. The number of pyridine rings is 1. The highest BCUT2D eigenvalue weighted by atomic mass is 35.5. The molecule has 0 saturated carbocycles. The molecule has 6 heteroatoms. The van der Waals surface area contributed by atoms with Gasteiger partial charge in [0.15, 0.2) is 0 Å². The normalized spacial score (nSPS) is 13.9. The number of carbonyl (C=O) groups excluding carboxylic acids is 1. The molecule has 0 radical (unpaired) electrons. The van der Waals surface area contributed by atoms with Gasteiger partial charge in [-0.1, -0.05) is 44.5 Å². The van der Waals surface area contributed by atoms with Gasteiger partial charge in [-0.2, -0.15) is 5.10 Å². The Hall–Kier alpha value is -2.66. The second-order valence-electron chi connectivity index (χ2n) is 9.24. The standard InChI is InChI=1S/C25H29ClN4O/c1-25(2,3)23-16-21(30(28-23)20-7-4-6-19(26)15-20)9-10-22(31)14-18-8-11-24(27-17-18)29-12-5-13-29/h4,6-8,11,15-17H,5,9-10,12-14H2,1-3H3. The molecular formula is C25H29ClN4O. The van der Waals surface area contributed by atoms with Crippen molar-refractivity contribution in [3.8, 4) is 5.69 Å². The lowest BCUT2D eigenvalue weighted by molar-refractivity contribution is -0.118. The van der Waals surface area contributed by atoms with E-state index >= 15 is 0 Å². The lowest BCUT2D eigenvalue weighted by Crippen LogP contribution is -2.37. The van der Waals surface area contributed by atoms with Crippen molar-refractivity contribution >= 4 is 23.2 Å². The SMILES string of the molecule is CC(C)(C)c1cc(CCC(=O)Cc2ccc(N3CCC3)nc2)n(-c2cccc(Cl)c2)n1. The van der Waals surface area contributed by atoms with Gasteiger partial charge < -0.3 is 4.90 Å². The number of carbonyl (C=O) groups is 1. The summed E-state index contributed by atoms with van der Waals surface area (Å²) in [5.41, 5.74) is 3.82. The van der Waals surface area contributed by atoms with Gasteiger partial charge in [-0.25, -0.2) is 9.67 Å². The maximum Gasteiger partial charge on any atom is 0.137 e. The molecule has 3 heterocycles. The van der Waals surface area contributed by atoms with Crippen LogP contribution in [0.4, 0.5) is 5.82 Å². The number of halogens is 1. The van der Waals surface area contributed by atoms with Gasteiger partial charge in [0.2, 0.25) is 0 Å². The molecule has 1 aliphatic rings. The Morgan fingerprint density at radius 3 is 2.55 bits per heavy atom. The molecule has 0 unspecified atom stereocenters. The maximum atomic E-state index is 12.7. The number of rotatable bonds is 7. The molecule has 3 aromatic rings. The fraction of sp³-hybridized carbons (Fsp3) is 0.400. The van der Waals surface area contributed by atoms with E-state index in [4.69, 9.17) is 16.7 Å². The number of hydrogen-bond acceptors (Lipinski definition) is 4. The molecular weight excluding hydrogens is 408 g/mol. The molecule has 1 aromatic carbocycles. The second-order valence-corrected chi connectivity index (χ2v) is 9.68. The second kappa shape index (κ2) is 8.83. The van der Waals surface area contributed by atoms with Crippen molar-refractivity contribution in [3.63, 3.8) is 0 Å². The first-order valence-electron chi connectivity index (χ1n) is 10.9. The third kappa shape index (κ3) is 5.16. The van der Waals surface area contributed by atoms with E-state index in [1.165, 1.54) is 6.42 Å². The van der Waals surface area contributed by atoms with Gasteiger partial charge in [0.05, 0.1) is 11.4 Å². The number of hydrogen-bond donors (Lipinski definition) is 0. The van der Waals surface area contributed by atoms with E-state index in [1.807, 2.05) is 47.3 Å². The average molecular weight is 437 g/mol. The first-order chi connectivity index (χ1) is 14.8. The molecule has 0 N–H and O–H groups in total. The van der Waals surface area contributed by atoms with Crippen LogP contribution in [0.15, 0.2) is 48.7 Å². The highest BCUT2D eigenvalue weighted by molar-refractivity contribution is 6.30. The van der Waals surface area contributed by atoms with E-state index in [0.717, 1.165) is 41.5 Å². The Labute approximate surface area is 189 Å². The Kier molecular flexibility index (Phi) is 6.15. The molecule has 5 nitrogen and oxygen atoms in total. The number of Topliss-reactive ketones (excluding diaryl/α,β-unsaturated/α-hetero) is 1. The molecule has 162 valence electrons. The van der Waals surface area contributed by atoms with E-state index in [0.29, 0.717) is 24.3 Å². The molecule has 1 fully saturated rings. The summed E-state index contributed by atoms with van der Waals surface area (Å²) in [7, 11) is 0. The summed E-state index contributed by atoms with van der Waals surface area (Å²) >= 11 is 6.20. The molecule has 1 saturated heterocycles. The van der Waals surface area contributed by atoms with Crippen LogP contribution in [0.2, 0.25) is 5.02 Å². The topological polar surface area (TPSA) is 51.0 Å². The molecule has 4 rings (SSSR count). The highest BCUT2D eigenvalue weighted by Gasteiger charge is 2.21. The number of nitrogens with zero attached hydrogens (tertiary/aromatic N) is 4. The third-order valence-electron chi connectivity index (χ3n) is 5.65. The number of aryl methyl sites for hydroxylation is 1. The van der Waals surface area contributed by atoms with Crippen molar-refractivity contribution in [2.75, 3.05) is 18.0 Å². The zero-order valence-electron chi connectivity index (χ0n) is 18.4. The van der Waals surface area contributed by atoms with Crippen LogP contribution < -0.4 is 4.90 Å². The van der Waals surface area contributed by atoms with E-state index in [-0.39, 0.29) is 11.2 Å². The van der Waals surface area contributed by atoms with Gasteiger partial charge in [0, 0.05) is 48.3 Å². The minimum absolute atomic E-state index is 0.0769. The van der Waals surface area contributed by atoms with Crippen LogP contribution in [0.5, 0.6) is 0 Å². The summed E-state index contributed by atoms with van der Waals surface area (Å²) in [6.45, 7) is 8.57. The van der Waals surface area contributed by atoms with Crippen molar-refractivity contribution in [3.05, 3.63) is 70.6 Å². The average Bonchev–Trinajstić information content (AvgIpc) is 3.11. The number of aromatic nitrogens is 3. The van der Waals surface area contributed by atoms with Gasteiger partial charge in [-0.15, -0.1) is 0 Å². The Morgan fingerprint density at radius 2 is 1.94 bits per heavy atom. The minimum Gasteiger partial charge on any atom is -0.356 e. The minimum atomic E-state index is -0.0769. The Morgan fingerprint density at radius 1 is 1.13 bits per heavy atom. The van der Waals surface area contributed by atoms with Crippen LogP contribution in [-0.2, 0) is 23.1 Å². The van der Waals surface area contributed by atoms with Crippen LogP contribution in [0, 0.1) is 0 Å². The van der Waals surface area contributed by atoms with E-state index in [9.17, 15) is 4.79 Å². The van der Waals surface area contributed by atoms with Gasteiger partial charge in [0.1, 0.15) is 11.6 Å². The van der Waals surface area contributed by atoms with Crippen molar-refractivity contribution in [1.82, 2.24) is 14.8 Å². The smallest absolute Gasteiger partial charge is 0.137 e. The van der Waals surface area contributed by atoms with Crippen LogP contribution in [0.25, 0.3) is 5.69 Å². The van der Waals surface area contributed by atoms with E-state index in [1.54, 1.807) is 0 Å². The summed E-state index contributed by atoms with van der Waals surface area (Å²) in [5.74, 6) is 1.21. The molecule has 0 spiro atoms. The first-order valence-corrected chi connectivity index (χ1v) is 11.2. The predicted octanol–water partition coefficient (Wildman–Crippen LogP) is 5.17. The van der Waals surface area contributed by atoms with Crippen molar-refractivity contribution < 1.29 is 4.79 Å². The molecule has 1 aliphatic heterocycles. The quantitative estimate of drug-likeness (QED) is 0.512. The van der Waals surface area contributed by atoms with Crippen LogP contribution >= 0.6 is 11.6 Å². The molecule has 0 aliphatic carbocycles. The largest absolute Gasteiger partial charge is 0.356 e. The lowest BCUT2D eigenvalue weighted by Gasteiger charge is -2.31. The fourth-order valence-corrected chi connectivity index (χ4v) is 3.82. The Bertz CT molecular complexity index is 1060. The van der Waals surface area contributed by atoms with E-state index < -0.39 is 0 Å². The Balaban J connectivity index is 1.45. The number of ketones is 1. The lowest BCUT2D eigenvalue weighted by atomic mass is 9.92. The number of anilines is 1. The van der Waals surface area contributed by atoms with Crippen molar-refractivity contribution in [1.29, 1.82) is 0 Å². The fourth-order valence-electron chi connectivity index (χ4n) is 3.63. The van der Waals surface area contributed by atoms with Crippen molar-refractivity contribution in [2.24, 2.45) is 0 Å².